The van der Waals surface area contributed by atoms with Crippen LogP contribution in [-0.2, 0) is 0 Å². The molecule has 0 aliphatic carbocycles. The summed E-state index contributed by atoms with van der Waals surface area (Å²) in [5.74, 6) is 0.160. The van der Waals surface area contributed by atoms with Gasteiger partial charge in [0.1, 0.15) is 0 Å². The molecule has 1 atom stereocenters. The topological polar surface area (TPSA) is 50.5 Å². The molecule has 3 aromatic rings. The Balaban J connectivity index is 2.02. The molecule has 0 spiro atoms. The maximum absolute atomic E-state index is 13.1. The number of benzene rings is 1. The van der Waals surface area contributed by atoms with E-state index in [0.717, 1.165) is 0 Å². The van der Waals surface area contributed by atoms with Crippen LogP contribution >= 0.6 is 0 Å². The molecule has 5 nitrogen and oxygen atoms in total. The van der Waals surface area contributed by atoms with Crippen molar-refractivity contribution in [2.24, 2.45) is 5.92 Å². The number of hydrogen-bond acceptors (Lipinski definition) is 3. The van der Waals surface area contributed by atoms with E-state index in [1.807, 2.05) is 29.8 Å². The second-order valence-electron chi connectivity index (χ2n) is 6.40. The Labute approximate surface area is 142 Å². The lowest BCUT2D eigenvalue weighted by Crippen LogP contribution is -2.35. The summed E-state index contributed by atoms with van der Waals surface area (Å²) in [5, 5.41) is 0. The third-order valence-corrected chi connectivity index (χ3v) is 4.39. The number of rotatable bonds is 4. The van der Waals surface area contributed by atoms with Gasteiger partial charge in [-0.1, -0.05) is 38.1 Å². The van der Waals surface area contributed by atoms with Gasteiger partial charge >= 0.3 is 0 Å². The van der Waals surface area contributed by atoms with Gasteiger partial charge in [-0.05, 0) is 24.0 Å². The largest absolute Gasteiger partial charge is 0.333 e. The first-order valence-corrected chi connectivity index (χ1v) is 8.11. The van der Waals surface area contributed by atoms with Gasteiger partial charge in [-0.3, -0.25) is 4.79 Å². The van der Waals surface area contributed by atoms with Gasteiger partial charge in [-0.15, -0.1) is 0 Å². The molecule has 0 unspecified atom stereocenters. The van der Waals surface area contributed by atoms with Crippen molar-refractivity contribution in [1.29, 1.82) is 0 Å². The molecule has 124 valence electrons. The van der Waals surface area contributed by atoms with Crippen LogP contribution in [0.4, 0.5) is 0 Å². The first kappa shape index (κ1) is 16.2. The van der Waals surface area contributed by atoms with E-state index in [1.54, 1.807) is 23.5 Å². The Hall–Kier alpha value is -2.69. The summed E-state index contributed by atoms with van der Waals surface area (Å²) in [6, 6.07) is 8.19. The van der Waals surface area contributed by atoms with E-state index < -0.39 is 0 Å². The van der Waals surface area contributed by atoms with E-state index in [9.17, 15) is 4.79 Å². The first-order chi connectivity index (χ1) is 11.5. The molecular weight excluding hydrogens is 300 g/mol. The summed E-state index contributed by atoms with van der Waals surface area (Å²) in [6.45, 7) is 6.34. The van der Waals surface area contributed by atoms with Crippen molar-refractivity contribution in [1.82, 2.24) is 19.3 Å². The first-order valence-electron chi connectivity index (χ1n) is 8.11. The van der Waals surface area contributed by atoms with Crippen molar-refractivity contribution < 1.29 is 4.79 Å². The SMILES string of the molecule is Cc1ccccc1[C@H](C(C)C)N(C)C(=O)c1nccn2ccnc12. The van der Waals surface area contributed by atoms with E-state index in [-0.39, 0.29) is 17.9 Å². The molecule has 2 heterocycles. The lowest BCUT2D eigenvalue weighted by atomic mass is 9.91. The molecule has 0 fully saturated rings. The molecule has 3 rings (SSSR count). The summed E-state index contributed by atoms with van der Waals surface area (Å²) in [4.78, 5) is 23.4. The van der Waals surface area contributed by atoms with Crippen LogP contribution in [0.5, 0.6) is 0 Å². The molecule has 0 bridgehead atoms. The zero-order valence-corrected chi connectivity index (χ0v) is 14.5. The van der Waals surface area contributed by atoms with Crippen LogP contribution in [0.15, 0.2) is 49.1 Å². The summed E-state index contributed by atoms with van der Waals surface area (Å²) < 4.78 is 1.81. The lowest BCUT2D eigenvalue weighted by Gasteiger charge is -2.32. The molecule has 24 heavy (non-hydrogen) atoms. The number of fused-ring (bicyclic) bond motifs is 1. The standard InChI is InChI=1S/C19H22N4O/c1-13(2)17(15-8-6-5-7-14(15)3)22(4)19(24)16-18-21-10-12-23(18)11-9-20-16/h5-13,17H,1-4H3/t17-/m0/s1. The molecule has 0 N–H and O–H groups in total. The Morgan fingerprint density at radius 1 is 1.12 bits per heavy atom. The van der Waals surface area contributed by atoms with E-state index in [1.165, 1.54) is 11.1 Å². The summed E-state index contributed by atoms with van der Waals surface area (Å²) in [6.07, 6.45) is 6.92. The normalized spacial score (nSPS) is 12.5. The van der Waals surface area contributed by atoms with Crippen LogP contribution in [0.3, 0.4) is 0 Å². The highest BCUT2D eigenvalue weighted by Gasteiger charge is 2.28. The quantitative estimate of drug-likeness (QED) is 0.738. The predicted molar refractivity (Wildman–Crippen MR) is 93.8 cm³/mol. The smallest absolute Gasteiger partial charge is 0.276 e. The third kappa shape index (κ3) is 2.77. The van der Waals surface area contributed by atoms with Crippen molar-refractivity contribution in [3.8, 4) is 0 Å². The average molecular weight is 322 g/mol. The van der Waals surface area contributed by atoms with E-state index in [0.29, 0.717) is 11.3 Å². The molecule has 1 aromatic carbocycles. The van der Waals surface area contributed by atoms with Crippen molar-refractivity contribution in [2.75, 3.05) is 7.05 Å². The van der Waals surface area contributed by atoms with Gasteiger partial charge in [-0.2, -0.15) is 0 Å². The molecule has 2 aromatic heterocycles. The Morgan fingerprint density at radius 2 is 1.79 bits per heavy atom. The van der Waals surface area contributed by atoms with Gasteiger partial charge in [0, 0.05) is 31.8 Å². The number of aryl methyl sites for hydroxylation is 1. The number of imidazole rings is 1. The summed E-state index contributed by atoms with van der Waals surface area (Å²) in [7, 11) is 1.84. The van der Waals surface area contributed by atoms with Crippen LogP contribution in [0.25, 0.3) is 5.65 Å². The second kappa shape index (κ2) is 6.43. The third-order valence-electron chi connectivity index (χ3n) is 4.39. The van der Waals surface area contributed by atoms with Gasteiger partial charge in [0.05, 0.1) is 6.04 Å². The fraction of sp³-hybridized carbons (Fsp3) is 0.316. The summed E-state index contributed by atoms with van der Waals surface area (Å²) in [5.41, 5.74) is 3.31. The number of hydrogen-bond donors (Lipinski definition) is 0. The number of aromatic nitrogens is 3. The zero-order chi connectivity index (χ0) is 17.3. The minimum Gasteiger partial charge on any atom is -0.333 e. The van der Waals surface area contributed by atoms with Crippen LogP contribution < -0.4 is 0 Å². The molecule has 0 saturated carbocycles. The van der Waals surface area contributed by atoms with Gasteiger partial charge in [-0.25, -0.2) is 9.97 Å². The number of amides is 1. The van der Waals surface area contributed by atoms with E-state index >= 15 is 0 Å². The predicted octanol–water partition coefficient (Wildman–Crippen LogP) is 3.51. The number of nitrogens with zero attached hydrogens (tertiary/aromatic N) is 4. The number of carbonyl (C=O) groups excluding carboxylic acids is 1. The van der Waals surface area contributed by atoms with Crippen LogP contribution in [0.2, 0.25) is 0 Å². The molecular formula is C19H22N4O. The Bertz CT molecular complexity index is 868. The fourth-order valence-electron chi connectivity index (χ4n) is 3.23. The van der Waals surface area contributed by atoms with Gasteiger partial charge < -0.3 is 9.30 Å². The van der Waals surface area contributed by atoms with Crippen LogP contribution in [0.1, 0.15) is 41.5 Å². The minimum atomic E-state index is -0.117. The van der Waals surface area contributed by atoms with Gasteiger partial charge in [0.2, 0.25) is 0 Å². The molecule has 0 saturated heterocycles. The van der Waals surface area contributed by atoms with Crippen LogP contribution in [-0.4, -0.2) is 32.2 Å². The maximum atomic E-state index is 13.1. The molecule has 5 heteroatoms. The van der Waals surface area contributed by atoms with Crippen molar-refractivity contribution in [2.45, 2.75) is 26.8 Å². The van der Waals surface area contributed by atoms with E-state index in [4.69, 9.17) is 0 Å². The molecule has 1 amide bonds. The van der Waals surface area contributed by atoms with Crippen LogP contribution in [0, 0.1) is 12.8 Å². The average Bonchev–Trinajstić information content (AvgIpc) is 3.04. The highest BCUT2D eigenvalue weighted by atomic mass is 16.2. The maximum Gasteiger partial charge on any atom is 0.276 e. The number of carbonyl (C=O) groups is 1. The second-order valence-corrected chi connectivity index (χ2v) is 6.40. The zero-order valence-electron chi connectivity index (χ0n) is 14.5. The van der Waals surface area contributed by atoms with Crippen molar-refractivity contribution in [3.63, 3.8) is 0 Å². The van der Waals surface area contributed by atoms with Gasteiger partial charge in [0.15, 0.2) is 11.3 Å². The molecule has 0 aliphatic rings. The monoisotopic (exact) mass is 322 g/mol. The Morgan fingerprint density at radius 3 is 2.46 bits per heavy atom. The highest BCUT2D eigenvalue weighted by molar-refractivity contribution is 5.97. The van der Waals surface area contributed by atoms with E-state index in [2.05, 4.69) is 42.9 Å². The van der Waals surface area contributed by atoms with Gasteiger partial charge in [0.25, 0.3) is 5.91 Å². The fourth-order valence-corrected chi connectivity index (χ4v) is 3.23. The lowest BCUT2D eigenvalue weighted by molar-refractivity contribution is 0.0682. The Kier molecular flexibility index (Phi) is 4.34. The molecule has 0 aliphatic heterocycles. The summed E-state index contributed by atoms with van der Waals surface area (Å²) >= 11 is 0. The van der Waals surface area contributed by atoms with Crippen molar-refractivity contribution >= 4 is 11.6 Å². The van der Waals surface area contributed by atoms with Crippen molar-refractivity contribution in [3.05, 3.63) is 65.9 Å². The highest BCUT2D eigenvalue weighted by Crippen LogP contribution is 2.30. The molecule has 0 radical (unpaired) electrons. The minimum absolute atomic E-state index is 0.0179.